The van der Waals surface area contributed by atoms with Crippen molar-refractivity contribution in [3.63, 3.8) is 0 Å². The second-order valence-corrected chi connectivity index (χ2v) is 10.8. The number of anilines is 1. The van der Waals surface area contributed by atoms with Crippen LogP contribution in [0.25, 0.3) is 0 Å². The van der Waals surface area contributed by atoms with E-state index in [9.17, 15) is 24.8 Å². The Morgan fingerprint density at radius 3 is 2.20 bits per heavy atom. The number of nitrogens with zero attached hydrogens (tertiary/aromatic N) is 2. The van der Waals surface area contributed by atoms with Gasteiger partial charge in [-0.2, -0.15) is 5.26 Å². The summed E-state index contributed by atoms with van der Waals surface area (Å²) in [5.74, 6) is -1.10. The maximum Gasteiger partial charge on any atom is 0.408 e. The van der Waals surface area contributed by atoms with Crippen molar-refractivity contribution in [1.29, 1.82) is 5.26 Å². The fraction of sp³-hybridized carbons (Fsp3) is 0.312. The SMILES string of the molecule is Cc1ccc(C(C(=O)Nc2ccccc2C)N(CC#N)C(=O)C(Cc2ccc(O)cc2)NC(=O)OC(C)(C)C)cc1. The number of carbonyl (C=O) groups is 3. The van der Waals surface area contributed by atoms with Gasteiger partial charge in [-0.25, -0.2) is 4.79 Å². The summed E-state index contributed by atoms with van der Waals surface area (Å²) >= 11 is 0. The van der Waals surface area contributed by atoms with E-state index >= 15 is 0 Å². The summed E-state index contributed by atoms with van der Waals surface area (Å²) in [6.45, 7) is 8.45. The van der Waals surface area contributed by atoms with Crippen LogP contribution in [-0.2, 0) is 20.7 Å². The van der Waals surface area contributed by atoms with E-state index < -0.39 is 42.1 Å². The summed E-state index contributed by atoms with van der Waals surface area (Å²) in [6, 6.07) is 20.2. The van der Waals surface area contributed by atoms with Crippen LogP contribution in [0.3, 0.4) is 0 Å². The number of para-hydroxylation sites is 1. The smallest absolute Gasteiger partial charge is 0.408 e. The molecule has 0 saturated heterocycles. The van der Waals surface area contributed by atoms with Crippen LogP contribution in [0.4, 0.5) is 10.5 Å². The molecule has 0 heterocycles. The maximum atomic E-state index is 14.2. The van der Waals surface area contributed by atoms with Crippen LogP contribution in [0.1, 0.15) is 49.1 Å². The Balaban J connectivity index is 2.04. The number of carbonyl (C=O) groups excluding carboxylic acids is 3. The Labute approximate surface area is 240 Å². The number of aromatic hydroxyl groups is 1. The van der Waals surface area contributed by atoms with Crippen molar-refractivity contribution in [2.24, 2.45) is 0 Å². The van der Waals surface area contributed by atoms with Gasteiger partial charge in [0.1, 0.15) is 30.0 Å². The highest BCUT2D eigenvalue weighted by Crippen LogP contribution is 2.26. The van der Waals surface area contributed by atoms with E-state index in [1.54, 1.807) is 57.2 Å². The Bertz CT molecular complexity index is 1410. The van der Waals surface area contributed by atoms with Crippen LogP contribution >= 0.6 is 0 Å². The second kappa shape index (κ2) is 13.5. The first-order valence-corrected chi connectivity index (χ1v) is 13.3. The number of nitriles is 1. The van der Waals surface area contributed by atoms with Gasteiger partial charge in [0.2, 0.25) is 5.91 Å². The van der Waals surface area contributed by atoms with Crippen LogP contribution in [0.5, 0.6) is 5.75 Å². The summed E-state index contributed by atoms with van der Waals surface area (Å²) in [7, 11) is 0. The topological polar surface area (TPSA) is 132 Å². The summed E-state index contributed by atoms with van der Waals surface area (Å²) < 4.78 is 5.41. The lowest BCUT2D eigenvalue weighted by Crippen LogP contribution is -2.53. The molecule has 3 N–H and O–H groups in total. The molecule has 3 rings (SSSR count). The van der Waals surface area contributed by atoms with Gasteiger partial charge in [0.05, 0.1) is 6.07 Å². The van der Waals surface area contributed by atoms with E-state index in [1.807, 2.05) is 44.2 Å². The maximum absolute atomic E-state index is 14.2. The molecule has 0 fully saturated rings. The number of phenols is 1. The van der Waals surface area contributed by atoms with E-state index in [0.29, 0.717) is 16.8 Å². The summed E-state index contributed by atoms with van der Waals surface area (Å²) in [6.07, 6.45) is -0.789. The Morgan fingerprint density at radius 2 is 1.61 bits per heavy atom. The fourth-order valence-corrected chi connectivity index (χ4v) is 4.23. The Hall–Kier alpha value is -4.84. The van der Waals surface area contributed by atoms with Crippen LogP contribution in [-0.4, -0.2) is 46.1 Å². The number of alkyl carbamates (subject to hydrolysis) is 1. The predicted octanol–water partition coefficient (Wildman–Crippen LogP) is 5.18. The summed E-state index contributed by atoms with van der Waals surface area (Å²) in [5, 5.41) is 25.0. The number of benzene rings is 3. The van der Waals surface area contributed by atoms with Crippen molar-refractivity contribution >= 4 is 23.6 Å². The van der Waals surface area contributed by atoms with Gasteiger partial charge in [-0.3, -0.25) is 9.59 Å². The predicted molar refractivity (Wildman–Crippen MR) is 156 cm³/mol. The van der Waals surface area contributed by atoms with Gasteiger partial charge < -0.3 is 25.4 Å². The average molecular weight is 557 g/mol. The molecule has 0 bridgehead atoms. The Kier molecular flexibility index (Phi) is 10.1. The third kappa shape index (κ3) is 8.83. The quantitative estimate of drug-likeness (QED) is 0.311. The number of phenolic OH excluding ortho intramolecular Hbond substituents is 1. The molecule has 214 valence electrons. The largest absolute Gasteiger partial charge is 0.508 e. The summed E-state index contributed by atoms with van der Waals surface area (Å²) in [5.41, 5.74) is 2.70. The van der Waals surface area contributed by atoms with Crippen LogP contribution in [0.2, 0.25) is 0 Å². The van der Waals surface area contributed by atoms with Crippen molar-refractivity contribution in [1.82, 2.24) is 10.2 Å². The van der Waals surface area contributed by atoms with Gasteiger partial charge >= 0.3 is 6.09 Å². The van der Waals surface area contributed by atoms with E-state index in [0.717, 1.165) is 11.1 Å². The zero-order valence-electron chi connectivity index (χ0n) is 24.0. The van der Waals surface area contributed by atoms with E-state index in [4.69, 9.17) is 4.74 Å². The first-order chi connectivity index (χ1) is 19.4. The molecule has 3 aromatic rings. The number of aryl methyl sites for hydroxylation is 2. The molecule has 9 nitrogen and oxygen atoms in total. The highest BCUT2D eigenvalue weighted by molar-refractivity contribution is 5.99. The zero-order chi connectivity index (χ0) is 30.2. The molecule has 9 heteroatoms. The molecule has 2 unspecified atom stereocenters. The molecule has 41 heavy (non-hydrogen) atoms. The minimum atomic E-state index is -1.18. The van der Waals surface area contributed by atoms with Gasteiger partial charge in [-0.15, -0.1) is 0 Å². The zero-order valence-corrected chi connectivity index (χ0v) is 24.0. The second-order valence-electron chi connectivity index (χ2n) is 10.8. The lowest BCUT2D eigenvalue weighted by Gasteiger charge is -2.33. The number of nitrogens with one attached hydrogen (secondary N) is 2. The number of rotatable bonds is 9. The highest BCUT2D eigenvalue weighted by atomic mass is 16.6. The van der Waals surface area contributed by atoms with Gasteiger partial charge in [0, 0.05) is 12.1 Å². The first kappa shape index (κ1) is 30.7. The number of hydrogen-bond acceptors (Lipinski definition) is 6. The standard InChI is InChI=1S/C32H36N4O5/c1-21-10-14-24(15-11-21)28(29(38)34-26-9-7-6-8-22(26)2)36(19-18-33)30(39)27(35-31(40)41-32(3,4)5)20-23-12-16-25(37)17-13-23/h6-17,27-28,37H,19-20H2,1-5H3,(H,34,38)(H,35,40). The molecule has 0 spiro atoms. The fourth-order valence-electron chi connectivity index (χ4n) is 4.23. The van der Waals surface area contributed by atoms with E-state index in [1.165, 1.54) is 17.0 Å². The first-order valence-electron chi connectivity index (χ1n) is 13.3. The van der Waals surface area contributed by atoms with Crippen molar-refractivity contribution in [2.75, 3.05) is 11.9 Å². The normalized spacial score (nSPS) is 12.4. The average Bonchev–Trinajstić information content (AvgIpc) is 2.90. The number of amides is 3. The van der Waals surface area contributed by atoms with Crippen LogP contribution in [0, 0.1) is 25.2 Å². The molecule has 0 saturated carbocycles. The van der Waals surface area contributed by atoms with Crippen LogP contribution < -0.4 is 10.6 Å². The molecule has 0 radical (unpaired) electrons. The molecule has 3 amide bonds. The van der Waals surface area contributed by atoms with Gasteiger partial charge in [-0.05, 0) is 69.5 Å². The summed E-state index contributed by atoms with van der Waals surface area (Å²) in [4.78, 5) is 42.0. The van der Waals surface area contributed by atoms with Crippen LogP contribution in [0.15, 0.2) is 72.8 Å². The van der Waals surface area contributed by atoms with Crippen molar-refractivity contribution in [3.05, 3.63) is 95.1 Å². The van der Waals surface area contributed by atoms with Gasteiger partial charge in [0.15, 0.2) is 0 Å². The third-order valence-corrected chi connectivity index (χ3v) is 6.25. The molecule has 2 atom stereocenters. The lowest BCUT2D eigenvalue weighted by atomic mass is 9.99. The lowest BCUT2D eigenvalue weighted by molar-refractivity contribution is -0.140. The highest BCUT2D eigenvalue weighted by Gasteiger charge is 2.36. The monoisotopic (exact) mass is 556 g/mol. The molecule has 0 aliphatic carbocycles. The van der Waals surface area contributed by atoms with E-state index in [-0.39, 0.29) is 12.2 Å². The van der Waals surface area contributed by atoms with Crippen molar-refractivity contribution < 1.29 is 24.2 Å². The molecular weight excluding hydrogens is 520 g/mol. The molecule has 0 aliphatic rings. The van der Waals surface area contributed by atoms with Crippen molar-refractivity contribution in [2.45, 2.75) is 58.7 Å². The molecule has 0 aromatic heterocycles. The molecular formula is C32H36N4O5. The van der Waals surface area contributed by atoms with E-state index in [2.05, 4.69) is 10.6 Å². The molecule has 0 aliphatic heterocycles. The number of hydrogen-bond donors (Lipinski definition) is 3. The van der Waals surface area contributed by atoms with Crippen molar-refractivity contribution in [3.8, 4) is 11.8 Å². The van der Waals surface area contributed by atoms with Gasteiger partial charge in [-0.1, -0.05) is 60.2 Å². The number of ether oxygens (including phenoxy) is 1. The Morgan fingerprint density at radius 1 is 0.976 bits per heavy atom. The molecule has 3 aromatic carbocycles. The van der Waals surface area contributed by atoms with Gasteiger partial charge in [0.25, 0.3) is 5.91 Å². The third-order valence-electron chi connectivity index (χ3n) is 6.25. The minimum Gasteiger partial charge on any atom is -0.508 e. The minimum absolute atomic E-state index is 0.0281.